The lowest BCUT2D eigenvalue weighted by Gasteiger charge is -2.28. The molecule has 2 aromatic carbocycles. The summed E-state index contributed by atoms with van der Waals surface area (Å²) in [6.07, 6.45) is 3.68. The molecular formula is C18H18F2N2O. The Kier molecular flexibility index (Phi) is 4.55. The van der Waals surface area contributed by atoms with Gasteiger partial charge in [0.15, 0.2) is 11.6 Å². The molecule has 1 fully saturated rings. The number of carbonyl (C=O) groups excluding carboxylic acids is 1. The lowest BCUT2D eigenvalue weighted by molar-refractivity contribution is 0.102. The zero-order chi connectivity index (χ0) is 16.2. The van der Waals surface area contributed by atoms with E-state index in [-0.39, 0.29) is 5.56 Å². The molecule has 2 aromatic rings. The maximum atomic E-state index is 13.2. The van der Waals surface area contributed by atoms with Gasteiger partial charge in [0, 0.05) is 30.0 Å². The molecule has 0 unspecified atom stereocenters. The fourth-order valence-corrected chi connectivity index (χ4v) is 2.75. The third-order valence-corrected chi connectivity index (χ3v) is 4.03. The highest BCUT2D eigenvalue weighted by Crippen LogP contribution is 2.22. The van der Waals surface area contributed by atoms with Gasteiger partial charge in [-0.2, -0.15) is 0 Å². The normalized spacial score (nSPS) is 14.6. The van der Waals surface area contributed by atoms with Crippen LogP contribution in [0.15, 0.2) is 42.5 Å². The van der Waals surface area contributed by atoms with Crippen molar-refractivity contribution >= 4 is 17.3 Å². The highest BCUT2D eigenvalue weighted by molar-refractivity contribution is 6.04. The summed E-state index contributed by atoms with van der Waals surface area (Å²) in [7, 11) is 0. The topological polar surface area (TPSA) is 32.3 Å². The molecule has 0 saturated carbocycles. The van der Waals surface area contributed by atoms with Gasteiger partial charge in [-0.3, -0.25) is 4.79 Å². The first kappa shape index (κ1) is 15.5. The Hall–Kier alpha value is -2.43. The molecule has 23 heavy (non-hydrogen) atoms. The van der Waals surface area contributed by atoms with Crippen molar-refractivity contribution in [2.75, 3.05) is 23.3 Å². The number of piperidine rings is 1. The minimum absolute atomic E-state index is 0.0870. The van der Waals surface area contributed by atoms with Crippen molar-refractivity contribution in [3.05, 3.63) is 59.7 Å². The van der Waals surface area contributed by atoms with Crippen LogP contribution < -0.4 is 10.2 Å². The number of amides is 1. The van der Waals surface area contributed by atoms with E-state index in [9.17, 15) is 13.6 Å². The summed E-state index contributed by atoms with van der Waals surface area (Å²) in [5.41, 5.74) is 1.85. The van der Waals surface area contributed by atoms with Crippen molar-refractivity contribution in [3.8, 4) is 0 Å². The number of nitrogens with zero attached hydrogens (tertiary/aromatic N) is 1. The van der Waals surface area contributed by atoms with E-state index in [1.54, 1.807) is 0 Å². The molecule has 1 heterocycles. The Morgan fingerprint density at radius 3 is 2.26 bits per heavy atom. The Morgan fingerprint density at radius 2 is 1.61 bits per heavy atom. The lowest BCUT2D eigenvalue weighted by atomic mass is 10.1. The minimum atomic E-state index is -1.03. The lowest BCUT2D eigenvalue weighted by Crippen LogP contribution is -2.29. The molecule has 1 aliphatic rings. The summed E-state index contributed by atoms with van der Waals surface area (Å²) in [5, 5.41) is 2.69. The van der Waals surface area contributed by atoms with Crippen LogP contribution in [0.1, 0.15) is 29.6 Å². The second kappa shape index (κ2) is 6.77. The van der Waals surface area contributed by atoms with Crippen LogP contribution in [-0.2, 0) is 0 Å². The molecule has 1 aliphatic heterocycles. The van der Waals surface area contributed by atoms with E-state index < -0.39 is 17.5 Å². The number of rotatable bonds is 3. The first-order valence-corrected chi connectivity index (χ1v) is 7.75. The monoisotopic (exact) mass is 316 g/mol. The van der Waals surface area contributed by atoms with Crippen molar-refractivity contribution in [1.82, 2.24) is 0 Å². The van der Waals surface area contributed by atoms with E-state index in [0.29, 0.717) is 5.69 Å². The molecule has 1 N–H and O–H groups in total. The highest BCUT2D eigenvalue weighted by Gasteiger charge is 2.12. The van der Waals surface area contributed by atoms with Gasteiger partial charge >= 0.3 is 0 Å². The van der Waals surface area contributed by atoms with Gasteiger partial charge in [-0.25, -0.2) is 8.78 Å². The molecule has 0 aliphatic carbocycles. The van der Waals surface area contributed by atoms with Crippen molar-refractivity contribution in [2.24, 2.45) is 0 Å². The summed E-state index contributed by atoms with van der Waals surface area (Å²) in [6.45, 7) is 2.11. The standard InChI is InChI=1S/C18H18F2N2O/c19-16-9-4-13(12-17(16)20)18(23)21-14-5-7-15(8-6-14)22-10-2-1-3-11-22/h4-9,12H,1-3,10-11H2,(H,21,23). The zero-order valence-corrected chi connectivity index (χ0v) is 12.7. The third kappa shape index (κ3) is 3.67. The van der Waals surface area contributed by atoms with Crippen molar-refractivity contribution in [2.45, 2.75) is 19.3 Å². The van der Waals surface area contributed by atoms with E-state index in [1.165, 1.54) is 25.3 Å². The number of hydrogen-bond donors (Lipinski definition) is 1. The summed E-state index contributed by atoms with van der Waals surface area (Å²) < 4.78 is 26.1. The zero-order valence-electron chi connectivity index (χ0n) is 12.7. The van der Waals surface area contributed by atoms with Crippen LogP contribution in [0.3, 0.4) is 0 Å². The fraction of sp³-hybridized carbons (Fsp3) is 0.278. The molecule has 1 amide bonds. The van der Waals surface area contributed by atoms with Crippen LogP contribution in [0.25, 0.3) is 0 Å². The average Bonchev–Trinajstić information content (AvgIpc) is 2.59. The summed E-state index contributed by atoms with van der Waals surface area (Å²) >= 11 is 0. The molecule has 5 heteroatoms. The van der Waals surface area contributed by atoms with Gasteiger partial charge in [-0.05, 0) is 61.7 Å². The number of nitrogens with one attached hydrogen (secondary N) is 1. The Labute approximate surface area is 133 Å². The van der Waals surface area contributed by atoms with E-state index >= 15 is 0 Å². The van der Waals surface area contributed by atoms with Gasteiger partial charge in [0.1, 0.15) is 0 Å². The van der Waals surface area contributed by atoms with Crippen LogP contribution >= 0.6 is 0 Å². The molecule has 3 nitrogen and oxygen atoms in total. The first-order valence-electron chi connectivity index (χ1n) is 7.75. The SMILES string of the molecule is O=C(Nc1ccc(N2CCCCC2)cc1)c1ccc(F)c(F)c1. The molecule has 120 valence electrons. The molecule has 1 saturated heterocycles. The molecule has 0 atom stereocenters. The smallest absolute Gasteiger partial charge is 0.255 e. The maximum Gasteiger partial charge on any atom is 0.255 e. The maximum absolute atomic E-state index is 13.2. The predicted molar refractivity (Wildman–Crippen MR) is 86.8 cm³/mol. The Bertz CT molecular complexity index is 695. The van der Waals surface area contributed by atoms with Gasteiger partial charge in [0.25, 0.3) is 5.91 Å². The predicted octanol–water partition coefficient (Wildman–Crippen LogP) is 4.21. The quantitative estimate of drug-likeness (QED) is 0.920. The number of benzene rings is 2. The number of hydrogen-bond acceptors (Lipinski definition) is 2. The first-order chi connectivity index (χ1) is 11.1. The average molecular weight is 316 g/mol. The van der Waals surface area contributed by atoms with Crippen molar-refractivity contribution < 1.29 is 13.6 Å². The van der Waals surface area contributed by atoms with Crippen LogP contribution in [0.4, 0.5) is 20.2 Å². The van der Waals surface area contributed by atoms with Crippen LogP contribution in [0.5, 0.6) is 0 Å². The summed E-state index contributed by atoms with van der Waals surface area (Å²) in [5.74, 6) is -2.46. The van der Waals surface area contributed by atoms with Crippen LogP contribution in [0.2, 0.25) is 0 Å². The second-order valence-corrected chi connectivity index (χ2v) is 5.68. The highest BCUT2D eigenvalue weighted by atomic mass is 19.2. The van der Waals surface area contributed by atoms with Crippen molar-refractivity contribution in [3.63, 3.8) is 0 Å². The van der Waals surface area contributed by atoms with E-state index in [1.807, 2.05) is 24.3 Å². The van der Waals surface area contributed by atoms with Gasteiger partial charge in [0.05, 0.1) is 0 Å². The molecule has 0 bridgehead atoms. The summed E-state index contributed by atoms with van der Waals surface area (Å²) in [4.78, 5) is 14.4. The molecule has 0 spiro atoms. The number of halogens is 2. The van der Waals surface area contributed by atoms with Gasteiger partial charge in [-0.1, -0.05) is 0 Å². The fourth-order valence-electron chi connectivity index (χ4n) is 2.75. The molecule has 0 aromatic heterocycles. The van der Waals surface area contributed by atoms with Gasteiger partial charge in [-0.15, -0.1) is 0 Å². The van der Waals surface area contributed by atoms with Crippen LogP contribution in [0, 0.1) is 11.6 Å². The number of anilines is 2. The van der Waals surface area contributed by atoms with E-state index in [4.69, 9.17) is 0 Å². The molecule has 3 rings (SSSR count). The van der Waals surface area contributed by atoms with Gasteiger partial charge in [0.2, 0.25) is 0 Å². The largest absolute Gasteiger partial charge is 0.372 e. The molecular weight excluding hydrogens is 298 g/mol. The molecule has 0 radical (unpaired) electrons. The van der Waals surface area contributed by atoms with E-state index in [2.05, 4.69) is 10.2 Å². The van der Waals surface area contributed by atoms with Gasteiger partial charge < -0.3 is 10.2 Å². The number of carbonyl (C=O) groups is 1. The Balaban J connectivity index is 1.67. The van der Waals surface area contributed by atoms with E-state index in [0.717, 1.165) is 30.9 Å². The second-order valence-electron chi connectivity index (χ2n) is 5.68. The summed E-state index contributed by atoms with van der Waals surface area (Å²) in [6, 6.07) is 10.7. The Morgan fingerprint density at radius 1 is 0.913 bits per heavy atom. The van der Waals surface area contributed by atoms with Crippen LogP contribution in [-0.4, -0.2) is 19.0 Å². The van der Waals surface area contributed by atoms with Crippen molar-refractivity contribution in [1.29, 1.82) is 0 Å². The minimum Gasteiger partial charge on any atom is -0.372 e. The third-order valence-electron chi connectivity index (χ3n) is 4.03.